The van der Waals surface area contributed by atoms with Gasteiger partial charge in [0.15, 0.2) is 0 Å². The lowest BCUT2D eigenvalue weighted by atomic mass is 10.1. The standard InChI is InChI=1S/C20H22S2/c1-3-17-5-9-19(10-6-17)15-21-13-14-22-16-20-11-7-18(4-2)8-12-20/h3-12H,1-2,13-16H2. The van der Waals surface area contributed by atoms with E-state index in [1.54, 1.807) is 0 Å². The molecule has 114 valence electrons. The van der Waals surface area contributed by atoms with E-state index < -0.39 is 0 Å². The van der Waals surface area contributed by atoms with Crippen LogP contribution in [0.1, 0.15) is 22.3 Å². The number of hydrogen-bond acceptors (Lipinski definition) is 2. The lowest BCUT2D eigenvalue weighted by Crippen LogP contribution is -1.88. The molecule has 0 spiro atoms. The van der Waals surface area contributed by atoms with Crippen molar-refractivity contribution in [3.8, 4) is 0 Å². The summed E-state index contributed by atoms with van der Waals surface area (Å²) in [5.74, 6) is 4.56. The van der Waals surface area contributed by atoms with Crippen molar-refractivity contribution in [2.75, 3.05) is 11.5 Å². The fourth-order valence-electron chi connectivity index (χ4n) is 2.00. The predicted molar refractivity (Wildman–Crippen MR) is 105 cm³/mol. The Morgan fingerprint density at radius 2 is 1.00 bits per heavy atom. The molecule has 22 heavy (non-hydrogen) atoms. The Hall–Kier alpha value is -1.38. The molecule has 0 heterocycles. The van der Waals surface area contributed by atoms with Crippen LogP contribution in [0.4, 0.5) is 0 Å². The topological polar surface area (TPSA) is 0 Å². The summed E-state index contributed by atoms with van der Waals surface area (Å²) in [6.07, 6.45) is 3.77. The first-order valence-corrected chi connectivity index (χ1v) is 9.71. The predicted octanol–water partition coefficient (Wildman–Crippen LogP) is 6.14. The minimum atomic E-state index is 1.09. The largest absolute Gasteiger partial charge is 0.156 e. The minimum Gasteiger partial charge on any atom is -0.156 e. The maximum absolute atomic E-state index is 3.78. The number of thioether (sulfide) groups is 2. The normalized spacial score (nSPS) is 10.4. The third kappa shape index (κ3) is 5.78. The van der Waals surface area contributed by atoms with Gasteiger partial charge in [0.05, 0.1) is 0 Å². The van der Waals surface area contributed by atoms with Crippen molar-refractivity contribution in [1.29, 1.82) is 0 Å². The average molecular weight is 327 g/mol. The molecule has 2 heteroatoms. The maximum atomic E-state index is 3.78. The molecule has 0 bridgehead atoms. The number of benzene rings is 2. The molecule has 0 radical (unpaired) electrons. The molecule has 0 nitrogen and oxygen atoms in total. The average Bonchev–Trinajstić information content (AvgIpc) is 2.59. The highest BCUT2D eigenvalue weighted by molar-refractivity contribution is 8.02. The van der Waals surface area contributed by atoms with Gasteiger partial charge in [-0.1, -0.05) is 73.8 Å². The fourth-order valence-corrected chi connectivity index (χ4v) is 4.09. The van der Waals surface area contributed by atoms with Crippen LogP contribution in [0.5, 0.6) is 0 Å². The highest BCUT2D eigenvalue weighted by atomic mass is 32.2. The van der Waals surface area contributed by atoms with Crippen LogP contribution in [0.3, 0.4) is 0 Å². The van der Waals surface area contributed by atoms with Crippen LogP contribution in [0.25, 0.3) is 12.2 Å². The molecular formula is C20H22S2. The molecule has 0 aliphatic heterocycles. The van der Waals surface area contributed by atoms with E-state index >= 15 is 0 Å². The SMILES string of the molecule is C=Cc1ccc(CSCCSCc2ccc(C=C)cc2)cc1. The van der Waals surface area contributed by atoms with Gasteiger partial charge in [0.25, 0.3) is 0 Å². The Bertz CT molecular complexity index is 527. The lowest BCUT2D eigenvalue weighted by molar-refractivity contribution is 1.38. The van der Waals surface area contributed by atoms with Crippen molar-refractivity contribution >= 4 is 35.7 Å². The Labute approximate surface area is 142 Å². The summed E-state index contributed by atoms with van der Waals surface area (Å²) in [7, 11) is 0. The Balaban J connectivity index is 1.60. The molecule has 0 saturated carbocycles. The molecule has 0 saturated heterocycles. The zero-order chi connectivity index (χ0) is 15.6. The summed E-state index contributed by atoms with van der Waals surface area (Å²) in [6, 6.07) is 17.3. The summed E-state index contributed by atoms with van der Waals surface area (Å²) < 4.78 is 0. The number of hydrogen-bond donors (Lipinski definition) is 0. The van der Waals surface area contributed by atoms with Gasteiger partial charge < -0.3 is 0 Å². The van der Waals surface area contributed by atoms with Crippen LogP contribution in [-0.4, -0.2) is 11.5 Å². The molecule has 2 aromatic rings. The van der Waals surface area contributed by atoms with Crippen molar-refractivity contribution < 1.29 is 0 Å². The van der Waals surface area contributed by atoms with E-state index in [0.29, 0.717) is 0 Å². The summed E-state index contributed by atoms with van der Waals surface area (Å²) in [5, 5.41) is 0. The molecule has 0 aliphatic carbocycles. The minimum absolute atomic E-state index is 1.09. The summed E-state index contributed by atoms with van der Waals surface area (Å²) in [5.41, 5.74) is 5.15. The van der Waals surface area contributed by atoms with Gasteiger partial charge in [-0.3, -0.25) is 0 Å². The van der Waals surface area contributed by atoms with Gasteiger partial charge in [0.2, 0.25) is 0 Å². The van der Waals surface area contributed by atoms with E-state index in [1.807, 2.05) is 35.7 Å². The van der Waals surface area contributed by atoms with Crippen molar-refractivity contribution in [3.63, 3.8) is 0 Å². The van der Waals surface area contributed by atoms with Crippen molar-refractivity contribution in [2.45, 2.75) is 11.5 Å². The third-order valence-electron chi connectivity index (χ3n) is 3.34. The monoisotopic (exact) mass is 326 g/mol. The second-order valence-corrected chi connectivity index (χ2v) is 7.21. The second kappa shape index (κ2) is 9.60. The van der Waals surface area contributed by atoms with Gasteiger partial charge in [-0.2, -0.15) is 23.5 Å². The first kappa shape index (κ1) is 17.0. The fraction of sp³-hybridized carbons (Fsp3) is 0.200. The van der Waals surface area contributed by atoms with Crippen LogP contribution in [-0.2, 0) is 11.5 Å². The Morgan fingerprint density at radius 3 is 1.32 bits per heavy atom. The maximum Gasteiger partial charge on any atom is 0.0184 e. The first-order valence-electron chi connectivity index (χ1n) is 7.40. The molecule has 2 aromatic carbocycles. The van der Waals surface area contributed by atoms with Crippen LogP contribution in [0, 0.1) is 0 Å². The zero-order valence-electron chi connectivity index (χ0n) is 12.8. The zero-order valence-corrected chi connectivity index (χ0v) is 14.5. The highest BCUT2D eigenvalue weighted by Crippen LogP contribution is 2.18. The van der Waals surface area contributed by atoms with E-state index in [4.69, 9.17) is 0 Å². The molecule has 0 atom stereocenters. The molecule has 0 aliphatic rings. The van der Waals surface area contributed by atoms with Gasteiger partial charge in [-0.05, 0) is 22.3 Å². The van der Waals surface area contributed by atoms with Crippen LogP contribution in [0.15, 0.2) is 61.7 Å². The van der Waals surface area contributed by atoms with Crippen LogP contribution >= 0.6 is 23.5 Å². The Morgan fingerprint density at radius 1 is 0.636 bits per heavy atom. The summed E-state index contributed by atoms with van der Waals surface area (Å²) in [6.45, 7) is 7.56. The smallest absolute Gasteiger partial charge is 0.0184 e. The van der Waals surface area contributed by atoms with Gasteiger partial charge >= 0.3 is 0 Å². The molecule has 0 unspecified atom stereocenters. The lowest BCUT2D eigenvalue weighted by Gasteiger charge is -2.04. The van der Waals surface area contributed by atoms with E-state index in [1.165, 1.54) is 33.8 Å². The Kier molecular flexibility index (Phi) is 7.41. The van der Waals surface area contributed by atoms with E-state index in [0.717, 1.165) is 11.5 Å². The molecule has 0 aromatic heterocycles. The molecule has 0 N–H and O–H groups in total. The molecule has 2 rings (SSSR count). The molecule has 0 fully saturated rings. The summed E-state index contributed by atoms with van der Waals surface area (Å²) >= 11 is 4.00. The quantitative estimate of drug-likeness (QED) is 0.508. The molecule has 0 amide bonds. The van der Waals surface area contributed by atoms with Gasteiger partial charge in [0, 0.05) is 23.0 Å². The van der Waals surface area contributed by atoms with Crippen LogP contribution in [0.2, 0.25) is 0 Å². The van der Waals surface area contributed by atoms with Crippen molar-refractivity contribution in [2.24, 2.45) is 0 Å². The summed E-state index contributed by atoms with van der Waals surface area (Å²) in [4.78, 5) is 0. The van der Waals surface area contributed by atoms with Crippen molar-refractivity contribution in [3.05, 3.63) is 83.9 Å². The van der Waals surface area contributed by atoms with Crippen molar-refractivity contribution in [1.82, 2.24) is 0 Å². The second-order valence-electron chi connectivity index (χ2n) is 5.00. The van der Waals surface area contributed by atoms with E-state index in [-0.39, 0.29) is 0 Å². The van der Waals surface area contributed by atoms with E-state index in [2.05, 4.69) is 61.7 Å². The highest BCUT2D eigenvalue weighted by Gasteiger charge is 1.96. The number of rotatable bonds is 9. The molecular weight excluding hydrogens is 304 g/mol. The van der Waals surface area contributed by atoms with Gasteiger partial charge in [0.1, 0.15) is 0 Å². The van der Waals surface area contributed by atoms with E-state index in [9.17, 15) is 0 Å². The third-order valence-corrected chi connectivity index (χ3v) is 5.66. The van der Waals surface area contributed by atoms with Gasteiger partial charge in [-0.15, -0.1) is 0 Å². The van der Waals surface area contributed by atoms with Gasteiger partial charge in [-0.25, -0.2) is 0 Å². The first-order chi connectivity index (χ1) is 10.8. The van der Waals surface area contributed by atoms with Crippen LogP contribution < -0.4 is 0 Å².